The van der Waals surface area contributed by atoms with Crippen LogP contribution in [0.3, 0.4) is 0 Å². The molecule has 0 unspecified atom stereocenters. The normalized spacial score (nSPS) is 27.6. The maximum atomic E-state index is 13.0. The molecule has 33 heavy (non-hydrogen) atoms. The summed E-state index contributed by atoms with van der Waals surface area (Å²) in [6.45, 7) is 3.37. The molecule has 1 aliphatic carbocycles. The van der Waals surface area contributed by atoms with E-state index in [1.165, 1.54) is 18.4 Å². The minimum absolute atomic E-state index is 0.000801. The van der Waals surface area contributed by atoms with Gasteiger partial charge in [0.1, 0.15) is 5.71 Å². The van der Waals surface area contributed by atoms with Gasteiger partial charge in [-0.1, -0.05) is 48.3 Å². The van der Waals surface area contributed by atoms with Crippen molar-refractivity contribution in [2.75, 3.05) is 26.2 Å². The van der Waals surface area contributed by atoms with Crippen molar-refractivity contribution in [3.05, 3.63) is 35.9 Å². The van der Waals surface area contributed by atoms with Crippen molar-refractivity contribution in [3.8, 4) is 0 Å². The fourth-order valence-corrected chi connectivity index (χ4v) is 5.68. The van der Waals surface area contributed by atoms with Crippen LogP contribution in [-0.2, 0) is 16.2 Å². The molecule has 3 fully saturated rings. The number of rotatable bonds is 5. The smallest absolute Gasteiger partial charge is 0.317 e. The first kappa shape index (κ1) is 22.2. The molecule has 5 rings (SSSR count). The van der Waals surface area contributed by atoms with Gasteiger partial charge in [0.15, 0.2) is 5.60 Å². The van der Waals surface area contributed by atoms with E-state index in [-0.39, 0.29) is 24.0 Å². The SMILES string of the molecule is O=C(NC1CCCC1)N1CC[C@@H](NCc2ccccc2)[C@]2(CC(C(=O)N3CCCC3)=NO2)C1. The van der Waals surface area contributed by atoms with Gasteiger partial charge in [0.05, 0.1) is 12.6 Å². The van der Waals surface area contributed by atoms with E-state index in [1.807, 2.05) is 28.0 Å². The summed E-state index contributed by atoms with van der Waals surface area (Å²) in [5, 5.41) is 11.1. The number of benzene rings is 1. The quantitative estimate of drug-likeness (QED) is 0.718. The molecule has 2 N–H and O–H groups in total. The van der Waals surface area contributed by atoms with Gasteiger partial charge in [-0.15, -0.1) is 0 Å². The van der Waals surface area contributed by atoms with Crippen molar-refractivity contribution in [2.45, 2.75) is 75.6 Å². The van der Waals surface area contributed by atoms with Crippen LogP contribution < -0.4 is 10.6 Å². The zero-order valence-electron chi connectivity index (χ0n) is 19.3. The standard InChI is InChI=1S/C25H35N5O3/c31-23(29-13-6-7-14-29)21-16-25(33-28-21)18-30(24(32)27-20-10-4-5-11-20)15-12-22(25)26-17-19-8-2-1-3-9-19/h1-3,8-9,20,22,26H,4-7,10-18H2,(H,27,32)/t22-,25+/m1/s1. The van der Waals surface area contributed by atoms with Crippen molar-refractivity contribution in [1.82, 2.24) is 20.4 Å². The molecule has 3 amide bonds. The number of urea groups is 1. The number of carbonyl (C=O) groups is 2. The molecule has 2 saturated heterocycles. The Morgan fingerprint density at radius 3 is 2.52 bits per heavy atom. The van der Waals surface area contributed by atoms with Gasteiger partial charge in [0, 0.05) is 38.6 Å². The Kier molecular flexibility index (Phi) is 6.53. The van der Waals surface area contributed by atoms with Crippen LogP contribution >= 0.6 is 0 Å². The van der Waals surface area contributed by atoms with Gasteiger partial charge in [-0.3, -0.25) is 4.79 Å². The topological polar surface area (TPSA) is 86.3 Å². The van der Waals surface area contributed by atoms with Crippen LogP contribution in [-0.4, -0.2) is 71.3 Å². The van der Waals surface area contributed by atoms with E-state index in [1.54, 1.807) is 0 Å². The highest BCUT2D eigenvalue weighted by molar-refractivity contribution is 6.39. The fraction of sp³-hybridized carbons (Fsp3) is 0.640. The number of nitrogens with one attached hydrogen (secondary N) is 2. The number of carbonyl (C=O) groups excluding carboxylic acids is 2. The van der Waals surface area contributed by atoms with Crippen LogP contribution in [0.4, 0.5) is 4.79 Å². The minimum Gasteiger partial charge on any atom is -0.385 e. The first-order valence-electron chi connectivity index (χ1n) is 12.5. The lowest BCUT2D eigenvalue weighted by atomic mass is 9.83. The summed E-state index contributed by atoms with van der Waals surface area (Å²) in [7, 11) is 0. The van der Waals surface area contributed by atoms with Gasteiger partial charge < -0.3 is 25.3 Å². The molecule has 0 radical (unpaired) electrons. The van der Waals surface area contributed by atoms with Crippen LogP contribution in [0.5, 0.6) is 0 Å². The van der Waals surface area contributed by atoms with Gasteiger partial charge in [-0.05, 0) is 37.7 Å². The summed E-state index contributed by atoms with van der Waals surface area (Å²) in [5.74, 6) is -0.0151. The highest BCUT2D eigenvalue weighted by Crippen LogP contribution is 2.35. The summed E-state index contributed by atoms with van der Waals surface area (Å²) in [6, 6.07) is 10.5. The van der Waals surface area contributed by atoms with Crippen LogP contribution in [0, 0.1) is 0 Å². The molecule has 4 aliphatic rings. The van der Waals surface area contributed by atoms with Crippen molar-refractivity contribution in [1.29, 1.82) is 0 Å². The van der Waals surface area contributed by atoms with E-state index < -0.39 is 5.60 Å². The van der Waals surface area contributed by atoms with Gasteiger partial charge in [-0.2, -0.15) is 0 Å². The Morgan fingerprint density at radius 1 is 1.00 bits per heavy atom. The molecule has 3 heterocycles. The van der Waals surface area contributed by atoms with Gasteiger partial charge in [0.25, 0.3) is 5.91 Å². The highest BCUT2D eigenvalue weighted by Gasteiger charge is 2.52. The molecular formula is C25H35N5O3. The maximum Gasteiger partial charge on any atom is 0.317 e. The minimum atomic E-state index is -0.717. The Balaban J connectivity index is 1.29. The average Bonchev–Trinajstić information content (AvgIpc) is 3.61. The molecule has 178 valence electrons. The number of amides is 3. The largest absolute Gasteiger partial charge is 0.385 e. The van der Waals surface area contributed by atoms with Gasteiger partial charge in [-0.25, -0.2) is 4.79 Å². The number of likely N-dealkylation sites (tertiary alicyclic amines) is 2. The Hall–Kier alpha value is -2.61. The second-order valence-electron chi connectivity index (χ2n) is 9.93. The van der Waals surface area contributed by atoms with Crippen LogP contribution in [0.1, 0.15) is 56.9 Å². The third-order valence-electron chi connectivity index (χ3n) is 7.59. The fourth-order valence-electron chi connectivity index (χ4n) is 5.68. The summed E-state index contributed by atoms with van der Waals surface area (Å²) in [6.07, 6.45) is 7.75. The van der Waals surface area contributed by atoms with E-state index in [4.69, 9.17) is 4.84 Å². The lowest BCUT2D eigenvalue weighted by Crippen LogP contribution is -2.64. The monoisotopic (exact) mass is 453 g/mol. The van der Waals surface area contributed by atoms with Crippen LogP contribution in [0.25, 0.3) is 0 Å². The van der Waals surface area contributed by atoms with Crippen LogP contribution in [0.2, 0.25) is 0 Å². The molecule has 1 saturated carbocycles. The van der Waals surface area contributed by atoms with E-state index in [0.717, 1.165) is 45.2 Å². The Labute approximate surface area is 195 Å². The second kappa shape index (κ2) is 9.71. The summed E-state index contributed by atoms with van der Waals surface area (Å²) in [5.41, 5.74) is 0.966. The molecule has 8 nitrogen and oxygen atoms in total. The third kappa shape index (κ3) is 4.86. The summed E-state index contributed by atoms with van der Waals surface area (Å²) < 4.78 is 0. The molecule has 2 atom stereocenters. The second-order valence-corrected chi connectivity index (χ2v) is 9.93. The van der Waals surface area contributed by atoms with Crippen molar-refractivity contribution in [3.63, 3.8) is 0 Å². The molecular weight excluding hydrogens is 418 g/mol. The zero-order valence-corrected chi connectivity index (χ0v) is 19.3. The summed E-state index contributed by atoms with van der Waals surface area (Å²) in [4.78, 5) is 35.9. The molecule has 1 aromatic rings. The predicted molar refractivity (Wildman–Crippen MR) is 126 cm³/mol. The van der Waals surface area contributed by atoms with E-state index in [0.29, 0.717) is 31.8 Å². The number of hydrogen-bond acceptors (Lipinski definition) is 5. The number of oxime groups is 1. The predicted octanol–water partition coefficient (Wildman–Crippen LogP) is 2.64. The van der Waals surface area contributed by atoms with Crippen molar-refractivity contribution >= 4 is 17.6 Å². The molecule has 0 aromatic heterocycles. The molecule has 0 bridgehead atoms. The lowest BCUT2D eigenvalue weighted by Gasteiger charge is -2.44. The zero-order chi connectivity index (χ0) is 22.7. The summed E-state index contributed by atoms with van der Waals surface area (Å²) >= 11 is 0. The molecule has 1 spiro atoms. The van der Waals surface area contributed by atoms with E-state index >= 15 is 0 Å². The van der Waals surface area contributed by atoms with Gasteiger partial charge >= 0.3 is 6.03 Å². The lowest BCUT2D eigenvalue weighted by molar-refractivity contribution is -0.123. The molecule has 3 aliphatic heterocycles. The molecule has 1 aromatic carbocycles. The first-order valence-corrected chi connectivity index (χ1v) is 12.5. The highest BCUT2D eigenvalue weighted by atomic mass is 16.7. The van der Waals surface area contributed by atoms with Gasteiger partial charge in [0.2, 0.25) is 0 Å². The maximum absolute atomic E-state index is 13.0. The number of nitrogens with zero attached hydrogens (tertiary/aromatic N) is 3. The van der Waals surface area contributed by atoms with Crippen LogP contribution in [0.15, 0.2) is 35.5 Å². The molecule has 8 heteroatoms. The Bertz CT molecular complexity index is 879. The van der Waals surface area contributed by atoms with E-state index in [2.05, 4.69) is 27.9 Å². The Morgan fingerprint density at radius 2 is 1.76 bits per heavy atom. The van der Waals surface area contributed by atoms with E-state index in [9.17, 15) is 9.59 Å². The first-order chi connectivity index (χ1) is 16.1. The third-order valence-corrected chi connectivity index (χ3v) is 7.59. The van der Waals surface area contributed by atoms with Crippen molar-refractivity contribution in [2.24, 2.45) is 5.16 Å². The van der Waals surface area contributed by atoms with Crippen molar-refractivity contribution < 1.29 is 14.4 Å². The number of hydrogen-bond donors (Lipinski definition) is 2. The number of piperidine rings is 1. The average molecular weight is 454 g/mol.